The van der Waals surface area contributed by atoms with Gasteiger partial charge in [0.15, 0.2) is 0 Å². The maximum absolute atomic E-state index is 11.8. The number of halogens is 3. The van der Waals surface area contributed by atoms with Gasteiger partial charge in [0, 0.05) is 5.57 Å². The maximum atomic E-state index is 11.8. The van der Waals surface area contributed by atoms with Gasteiger partial charge in [-0.3, -0.25) is 4.79 Å². The van der Waals surface area contributed by atoms with Crippen LogP contribution in [0, 0.1) is 0 Å². The number of alkyl halides is 3. The van der Waals surface area contributed by atoms with Gasteiger partial charge in [-0.25, -0.2) is 0 Å². The van der Waals surface area contributed by atoms with Crippen molar-refractivity contribution in [1.82, 2.24) is 5.32 Å². The molecule has 0 radical (unpaired) electrons. The molecule has 1 aliphatic rings. The summed E-state index contributed by atoms with van der Waals surface area (Å²) < 4.78 is 35.4. The van der Waals surface area contributed by atoms with Gasteiger partial charge in [-0.15, -0.1) is 0 Å². The molecule has 0 unspecified atom stereocenters. The van der Waals surface area contributed by atoms with E-state index in [1.807, 2.05) is 12.2 Å². The highest BCUT2D eigenvalue weighted by molar-refractivity contribution is 5.94. The van der Waals surface area contributed by atoms with Crippen molar-refractivity contribution in [2.75, 3.05) is 6.54 Å². The van der Waals surface area contributed by atoms with Gasteiger partial charge in [-0.1, -0.05) is 17.7 Å². The number of nitrogens with one attached hydrogen (secondary N) is 1. The predicted octanol–water partition coefficient (Wildman–Crippen LogP) is 2.33. The molecule has 0 saturated carbocycles. The summed E-state index contributed by atoms with van der Waals surface area (Å²) in [5, 5.41) is 1.85. The Hall–Kier alpha value is -1.26. The average Bonchev–Trinajstić information content (AvgIpc) is 2.14. The van der Waals surface area contributed by atoms with E-state index in [9.17, 15) is 18.0 Å². The van der Waals surface area contributed by atoms with Crippen LogP contribution in [0.4, 0.5) is 13.2 Å². The molecule has 1 aliphatic carbocycles. The molecule has 0 atom stereocenters. The smallest absolute Gasteiger partial charge is 0.343 e. The number of amides is 1. The van der Waals surface area contributed by atoms with Crippen LogP contribution in [0.15, 0.2) is 23.3 Å². The second-order valence-electron chi connectivity index (χ2n) is 3.50. The Morgan fingerprint density at radius 1 is 1.40 bits per heavy atom. The standard InChI is InChI=1S/C10H12F3NO/c1-7-2-4-8(5-3-7)9(15)14-6-10(11,12)13/h2,4H,3,5-6H2,1H3,(H,14,15). The summed E-state index contributed by atoms with van der Waals surface area (Å²) in [7, 11) is 0. The first-order chi connectivity index (χ1) is 6.88. The van der Waals surface area contributed by atoms with E-state index in [2.05, 4.69) is 0 Å². The first-order valence-corrected chi connectivity index (χ1v) is 4.60. The van der Waals surface area contributed by atoms with Crippen LogP contribution in [0.3, 0.4) is 0 Å². The molecule has 0 aromatic rings. The third kappa shape index (κ3) is 4.18. The van der Waals surface area contributed by atoms with Gasteiger partial charge < -0.3 is 5.32 Å². The zero-order chi connectivity index (χ0) is 11.5. The summed E-state index contributed by atoms with van der Waals surface area (Å²) in [4.78, 5) is 11.2. The Bertz CT molecular complexity index is 315. The third-order valence-corrected chi connectivity index (χ3v) is 2.10. The minimum absolute atomic E-state index is 0.407. The summed E-state index contributed by atoms with van der Waals surface area (Å²) in [6.07, 6.45) is 0.213. The Kier molecular flexibility index (Phi) is 3.55. The van der Waals surface area contributed by atoms with Crippen molar-refractivity contribution in [3.8, 4) is 0 Å². The second-order valence-corrected chi connectivity index (χ2v) is 3.50. The molecular formula is C10H12F3NO. The van der Waals surface area contributed by atoms with Gasteiger partial charge in [-0.05, 0) is 19.8 Å². The lowest BCUT2D eigenvalue weighted by Gasteiger charge is -2.13. The van der Waals surface area contributed by atoms with Crippen molar-refractivity contribution in [2.45, 2.75) is 25.9 Å². The molecule has 0 aromatic heterocycles. The lowest BCUT2D eigenvalue weighted by molar-refractivity contribution is -0.136. The lowest BCUT2D eigenvalue weighted by Crippen LogP contribution is -2.34. The van der Waals surface area contributed by atoms with Crippen LogP contribution in [0.2, 0.25) is 0 Å². The van der Waals surface area contributed by atoms with Gasteiger partial charge >= 0.3 is 6.18 Å². The quantitative estimate of drug-likeness (QED) is 0.758. The maximum Gasteiger partial charge on any atom is 0.405 e. The molecule has 0 aliphatic heterocycles. The fourth-order valence-corrected chi connectivity index (χ4v) is 1.22. The molecule has 0 fully saturated rings. The van der Waals surface area contributed by atoms with Gasteiger partial charge in [0.2, 0.25) is 5.91 Å². The van der Waals surface area contributed by atoms with Gasteiger partial charge in [0.1, 0.15) is 6.54 Å². The Morgan fingerprint density at radius 2 is 2.07 bits per heavy atom. The second kappa shape index (κ2) is 4.51. The fraction of sp³-hybridized carbons (Fsp3) is 0.500. The SMILES string of the molecule is CC1=CC=C(C(=O)NCC(F)(F)F)CC1. The molecule has 84 valence electrons. The van der Waals surface area contributed by atoms with E-state index in [-0.39, 0.29) is 0 Å². The van der Waals surface area contributed by atoms with Gasteiger partial charge in [0.05, 0.1) is 0 Å². The number of allylic oxidation sites excluding steroid dienone is 3. The number of hydrogen-bond acceptors (Lipinski definition) is 1. The van der Waals surface area contributed by atoms with Crippen molar-refractivity contribution in [3.05, 3.63) is 23.3 Å². The first-order valence-electron chi connectivity index (χ1n) is 4.60. The largest absolute Gasteiger partial charge is 0.405 e. The number of rotatable bonds is 2. The Morgan fingerprint density at radius 3 is 2.53 bits per heavy atom. The zero-order valence-corrected chi connectivity index (χ0v) is 8.32. The van der Waals surface area contributed by atoms with E-state index in [0.29, 0.717) is 12.0 Å². The van der Waals surface area contributed by atoms with E-state index in [1.165, 1.54) is 0 Å². The molecule has 15 heavy (non-hydrogen) atoms. The molecular weight excluding hydrogens is 207 g/mol. The number of carbonyl (C=O) groups is 1. The van der Waals surface area contributed by atoms with Crippen molar-refractivity contribution >= 4 is 5.91 Å². The van der Waals surface area contributed by atoms with E-state index < -0.39 is 18.6 Å². The van der Waals surface area contributed by atoms with Crippen molar-refractivity contribution in [2.24, 2.45) is 0 Å². The van der Waals surface area contributed by atoms with Crippen LogP contribution >= 0.6 is 0 Å². The monoisotopic (exact) mass is 219 g/mol. The molecule has 0 bridgehead atoms. The molecule has 1 rings (SSSR count). The van der Waals surface area contributed by atoms with Crippen LogP contribution < -0.4 is 5.32 Å². The third-order valence-electron chi connectivity index (χ3n) is 2.10. The predicted molar refractivity (Wildman–Crippen MR) is 50.1 cm³/mol. The summed E-state index contributed by atoms with van der Waals surface area (Å²) in [5.74, 6) is -0.629. The minimum atomic E-state index is -4.35. The Labute approximate surface area is 85.8 Å². The highest BCUT2D eigenvalue weighted by Crippen LogP contribution is 2.18. The van der Waals surface area contributed by atoms with Crippen molar-refractivity contribution in [3.63, 3.8) is 0 Å². The highest BCUT2D eigenvalue weighted by atomic mass is 19.4. The molecule has 5 heteroatoms. The minimum Gasteiger partial charge on any atom is -0.343 e. The number of hydrogen-bond donors (Lipinski definition) is 1. The van der Waals surface area contributed by atoms with E-state index in [4.69, 9.17) is 0 Å². The molecule has 0 aromatic carbocycles. The fourth-order valence-electron chi connectivity index (χ4n) is 1.22. The van der Waals surface area contributed by atoms with Crippen molar-refractivity contribution in [1.29, 1.82) is 0 Å². The summed E-state index contributed by atoms with van der Waals surface area (Å²) in [6, 6.07) is 0. The van der Waals surface area contributed by atoms with Gasteiger partial charge in [-0.2, -0.15) is 13.2 Å². The summed E-state index contributed by atoms with van der Waals surface area (Å²) >= 11 is 0. The molecule has 1 N–H and O–H groups in total. The van der Waals surface area contributed by atoms with Crippen LogP contribution in [0.1, 0.15) is 19.8 Å². The van der Waals surface area contributed by atoms with Crippen LogP contribution in [0.5, 0.6) is 0 Å². The molecule has 0 heterocycles. The van der Waals surface area contributed by atoms with Crippen LogP contribution in [-0.4, -0.2) is 18.6 Å². The normalized spacial score (nSPS) is 16.8. The zero-order valence-electron chi connectivity index (χ0n) is 8.32. The van der Waals surface area contributed by atoms with Crippen molar-refractivity contribution < 1.29 is 18.0 Å². The average molecular weight is 219 g/mol. The van der Waals surface area contributed by atoms with E-state index >= 15 is 0 Å². The van der Waals surface area contributed by atoms with Crippen LogP contribution in [0.25, 0.3) is 0 Å². The number of carbonyl (C=O) groups excluding carboxylic acids is 1. The summed E-state index contributed by atoms with van der Waals surface area (Å²) in [6.45, 7) is 0.646. The highest BCUT2D eigenvalue weighted by Gasteiger charge is 2.28. The summed E-state index contributed by atoms with van der Waals surface area (Å²) in [5.41, 5.74) is 1.53. The molecule has 2 nitrogen and oxygen atoms in total. The molecule has 1 amide bonds. The molecule has 0 spiro atoms. The lowest BCUT2D eigenvalue weighted by atomic mass is 9.99. The van der Waals surface area contributed by atoms with E-state index in [1.54, 1.807) is 12.2 Å². The van der Waals surface area contributed by atoms with Crippen LogP contribution in [-0.2, 0) is 4.79 Å². The molecule has 0 saturated heterocycles. The topological polar surface area (TPSA) is 29.1 Å². The van der Waals surface area contributed by atoms with E-state index in [0.717, 1.165) is 12.0 Å². The Balaban J connectivity index is 2.48. The first kappa shape index (κ1) is 11.8. The van der Waals surface area contributed by atoms with Gasteiger partial charge in [0.25, 0.3) is 0 Å².